The van der Waals surface area contributed by atoms with Crippen molar-refractivity contribution in [2.45, 2.75) is 25.7 Å². The van der Waals surface area contributed by atoms with Crippen LogP contribution >= 0.6 is 15.9 Å². The maximum Gasteiger partial charge on any atom is 0.0110 e. The number of nitrogens with zero attached hydrogens (tertiary/aromatic N) is 2. The van der Waals surface area contributed by atoms with Gasteiger partial charge >= 0.3 is 0 Å². The van der Waals surface area contributed by atoms with Crippen molar-refractivity contribution in [3.8, 4) is 0 Å². The van der Waals surface area contributed by atoms with Crippen LogP contribution in [0.25, 0.3) is 0 Å². The topological polar surface area (TPSA) is 6.48 Å². The minimum atomic E-state index is 0.665. The summed E-state index contributed by atoms with van der Waals surface area (Å²) < 4.78 is 0. The third-order valence-electron chi connectivity index (χ3n) is 4.48. The van der Waals surface area contributed by atoms with Crippen molar-refractivity contribution in [1.29, 1.82) is 0 Å². The standard InChI is InChI=1S/C13H23BrN2/c14-10-13(3-4-13)11-16-7-5-15(6-8-16)9-12-1-2-12/h12H,1-11H2. The number of alkyl halides is 1. The lowest BCUT2D eigenvalue weighted by Gasteiger charge is -2.36. The molecular weight excluding hydrogens is 264 g/mol. The summed E-state index contributed by atoms with van der Waals surface area (Å²) in [5.74, 6) is 1.06. The predicted molar refractivity (Wildman–Crippen MR) is 71.1 cm³/mol. The van der Waals surface area contributed by atoms with E-state index in [0.29, 0.717) is 5.41 Å². The van der Waals surface area contributed by atoms with E-state index in [1.54, 1.807) is 0 Å². The van der Waals surface area contributed by atoms with E-state index in [4.69, 9.17) is 0 Å². The molecule has 2 saturated carbocycles. The van der Waals surface area contributed by atoms with E-state index in [0.717, 1.165) is 5.92 Å². The Hall–Kier alpha value is 0.400. The molecule has 1 aliphatic heterocycles. The summed E-state index contributed by atoms with van der Waals surface area (Å²) in [5.41, 5.74) is 0.665. The zero-order valence-electron chi connectivity index (χ0n) is 10.1. The Kier molecular flexibility index (Phi) is 3.29. The van der Waals surface area contributed by atoms with Crippen LogP contribution in [0.5, 0.6) is 0 Å². The first-order valence-electron chi connectivity index (χ1n) is 6.80. The Balaban J connectivity index is 1.40. The molecule has 2 nitrogen and oxygen atoms in total. The first-order valence-corrected chi connectivity index (χ1v) is 7.93. The Labute approximate surface area is 107 Å². The molecule has 0 aromatic carbocycles. The lowest BCUT2D eigenvalue weighted by molar-refractivity contribution is 0.114. The summed E-state index contributed by atoms with van der Waals surface area (Å²) in [6.45, 7) is 7.97. The lowest BCUT2D eigenvalue weighted by Crippen LogP contribution is -2.48. The van der Waals surface area contributed by atoms with E-state index < -0.39 is 0 Å². The maximum atomic E-state index is 3.68. The highest BCUT2D eigenvalue weighted by molar-refractivity contribution is 9.09. The fourth-order valence-electron chi connectivity index (χ4n) is 2.78. The monoisotopic (exact) mass is 286 g/mol. The van der Waals surface area contributed by atoms with Gasteiger partial charge in [-0.15, -0.1) is 0 Å². The molecule has 0 radical (unpaired) electrons. The van der Waals surface area contributed by atoms with Gasteiger partial charge in [0.15, 0.2) is 0 Å². The summed E-state index contributed by atoms with van der Waals surface area (Å²) >= 11 is 3.68. The molecule has 2 aliphatic carbocycles. The Morgan fingerprint density at radius 1 is 1.00 bits per heavy atom. The summed E-state index contributed by atoms with van der Waals surface area (Å²) in [4.78, 5) is 5.37. The van der Waals surface area contributed by atoms with Crippen molar-refractivity contribution >= 4 is 15.9 Å². The van der Waals surface area contributed by atoms with Gasteiger partial charge in [0, 0.05) is 44.6 Å². The first kappa shape index (κ1) is 11.5. The molecule has 3 aliphatic rings. The highest BCUT2D eigenvalue weighted by Crippen LogP contribution is 2.47. The second kappa shape index (κ2) is 4.58. The van der Waals surface area contributed by atoms with E-state index >= 15 is 0 Å². The molecule has 16 heavy (non-hydrogen) atoms. The summed E-state index contributed by atoms with van der Waals surface area (Å²) in [6.07, 6.45) is 5.88. The Morgan fingerprint density at radius 3 is 2.12 bits per heavy atom. The van der Waals surface area contributed by atoms with Gasteiger partial charge in [0.05, 0.1) is 0 Å². The quantitative estimate of drug-likeness (QED) is 0.715. The number of halogens is 1. The zero-order valence-corrected chi connectivity index (χ0v) is 11.7. The molecule has 3 fully saturated rings. The van der Waals surface area contributed by atoms with E-state index in [-0.39, 0.29) is 0 Å². The normalized spacial score (nSPS) is 30.6. The molecule has 0 N–H and O–H groups in total. The van der Waals surface area contributed by atoms with E-state index in [1.165, 1.54) is 70.3 Å². The van der Waals surface area contributed by atoms with Gasteiger partial charge in [0.2, 0.25) is 0 Å². The summed E-state index contributed by atoms with van der Waals surface area (Å²) in [7, 11) is 0. The molecule has 0 unspecified atom stereocenters. The molecule has 1 saturated heterocycles. The van der Waals surface area contributed by atoms with Crippen molar-refractivity contribution in [2.75, 3.05) is 44.6 Å². The molecule has 0 aromatic heterocycles. The molecule has 3 heteroatoms. The molecule has 0 aromatic rings. The zero-order chi connectivity index (χ0) is 11.0. The number of hydrogen-bond donors (Lipinski definition) is 0. The van der Waals surface area contributed by atoms with Crippen LogP contribution in [-0.2, 0) is 0 Å². The SMILES string of the molecule is BrCC1(CN2CCN(CC3CC3)CC2)CC1. The van der Waals surface area contributed by atoms with Crippen molar-refractivity contribution in [3.63, 3.8) is 0 Å². The molecule has 92 valence electrons. The van der Waals surface area contributed by atoms with Crippen molar-refractivity contribution < 1.29 is 0 Å². The molecule has 0 bridgehead atoms. The minimum Gasteiger partial charge on any atom is -0.301 e. The van der Waals surface area contributed by atoms with Gasteiger partial charge in [-0.3, -0.25) is 0 Å². The molecule has 0 atom stereocenters. The van der Waals surface area contributed by atoms with Crippen molar-refractivity contribution in [3.05, 3.63) is 0 Å². The second-order valence-corrected chi connectivity index (χ2v) is 6.71. The average Bonchev–Trinajstić information content (AvgIpc) is 3.18. The Morgan fingerprint density at radius 2 is 1.62 bits per heavy atom. The molecular formula is C13H23BrN2. The Bertz CT molecular complexity index is 240. The molecule has 3 rings (SSSR count). The average molecular weight is 287 g/mol. The van der Waals surface area contributed by atoms with Crippen LogP contribution in [0.1, 0.15) is 25.7 Å². The number of hydrogen-bond acceptors (Lipinski definition) is 2. The van der Waals surface area contributed by atoms with Gasteiger partial charge in [-0.25, -0.2) is 0 Å². The fourth-order valence-corrected chi connectivity index (χ4v) is 3.52. The third-order valence-corrected chi connectivity index (χ3v) is 5.67. The van der Waals surface area contributed by atoms with Gasteiger partial charge in [-0.05, 0) is 37.0 Å². The second-order valence-electron chi connectivity index (χ2n) is 6.15. The minimum absolute atomic E-state index is 0.665. The lowest BCUT2D eigenvalue weighted by atomic mass is 10.1. The molecule has 1 heterocycles. The van der Waals surface area contributed by atoms with E-state index in [2.05, 4.69) is 25.7 Å². The van der Waals surface area contributed by atoms with Crippen LogP contribution < -0.4 is 0 Å². The van der Waals surface area contributed by atoms with Gasteiger partial charge in [-0.1, -0.05) is 15.9 Å². The number of piperazine rings is 1. The van der Waals surface area contributed by atoms with Crippen molar-refractivity contribution in [1.82, 2.24) is 9.80 Å². The molecule has 0 amide bonds. The van der Waals surface area contributed by atoms with Gasteiger partial charge in [-0.2, -0.15) is 0 Å². The van der Waals surface area contributed by atoms with E-state index in [1.807, 2.05) is 0 Å². The maximum absolute atomic E-state index is 3.68. The summed E-state index contributed by atoms with van der Waals surface area (Å²) in [6, 6.07) is 0. The van der Waals surface area contributed by atoms with Crippen LogP contribution in [0.3, 0.4) is 0 Å². The summed E-state index contributed by atoms with van der Waals surface area (Å²) in [5, 5.41) is 1.21. The number of rotatable bonds is 5. The van der Waals surface area contributed by atoms with Crippen LogP contribution in [0.4, 0.5) is 0 Å². The van der Waals surface area contributed by atoms with Crippen LogP contribution in [-0.4, -0.2) is 54.4 Å². The fraction of sp³-hybridized carbons (Fsp3) is 1.00. The third kappa shape index (κ3) is 2.80. The molecule has 0 spiro atoms. The predicted octanol–water partition coefficient (Wildman–Crippen LogP) is 2.19. The largest absolute Gasteiger partial charge is 0.301 e. The first-order chi connectivity index (χ1) is 7.80. The van der Waals surface area contributed by atoms with Crippen molar-refractivity contribution in [2.24, 2.45) is 11.3 Å². The van der Waals surface area contributed by atoms with Gasteiger partial charge in [0.25, 0.3) is 0 Å². The smallest absolute Gasteiger partial charge is 0.0110 e. The van der Waals surface area contributed by atoms with Crippen LogP contribution in [0, 0.1) is 11.3 Å². The highest BCUT2D eigenvalue weighted by Gasteiger charge is 2.43. The van der Waals surface area contributed by atoms with Gasteiger partial charge in [0.1, 0.15) is 0 Å². The van der Waals surface area contributed by atoms with Crippen LogP contribution in [0.2, 0.25) is 0 Å². The van der Waals surface area contributed by atoms with Gasteiger partial charge < -0.3 is 9.80 Å². The van der Waals surface area contributed by atoms with E-state index in [9.17, 15) is 0 Å². The highest BCUT2D eigenvalue weighted by atomic mass is 79.9. The van der Waals surface area contributed by atoms with Crippen LogP contribution in [0.15, 0.2) is 0 Å².